The summed E-state index contributed by atoms with van der Waals surface area (Å²) in [5.74, 6) is -0.0893. The Morgan fingerprint density at radius 2 is 1.86 bits per heavy atom. The summed E-state index contributed by atoms with van der Waals surface area (Å²) in [4.78, 5) is 24.1. The van der Waals surface area contributed by atoms with E-state index in [1.165, 1.54) is 11.8 Å². The molecule has 1 aromatic carbocycles. The third-order valence-corrected chi connectivity index (χ3v) is 2.23. The molecule has 0 heterocycles. The lowest BCUT2D eigenvalue weighted by atomic mass is 10.2. The number of hydrogen-bond acceptors (Lipinski definition) is 4. The van der Waals surface area contributed by atoms with Gasteiger partial charge >= 0.3 is 6.09 Å². The van der Waals surface area contributed by atoms with Crippen LogP contribution in [0.4, 0.5) is 4.79 Å². The van der Waals surface area contributed by atoms with Gasteiger partial charge in [0.2, 0.25) is 0 Å². The Kier molecular flexibility index (Phi) is 10.9. The smallest absolute Gasteiger partial charge is 0.410 e. The van der Waals surface area contributed by atoms with Crippen molar-refractivity contribution < 1.29 is 18.9 Å². The topological polar surface area (TPSA) is 69.7 Å². The van der Waals surface area contributed by atoms with Gasteiger partial charge in [0.25, 0.3) is 0 Å². The van der Waals surface area contributed by atoms with Gasteiger partial charge in [-0.05, 0) is 12.5 Å². The maximum atomic E-state index is 11.7. The zero-order chi connectivity index (χ0) is 17.0. The molecule has 0 aliphatic rings. The summed E-state index contributed by atoms with van der Waals surface area (Å²) in [6.45, 7) is 5.52. The van der Waals surface area contributed by atoms with E-state index in [1.54, 1.807) is 18.6 Å². The molecule has 122 valence electrons. The average Bonchev–Trinajstić information content (AvgIpc) is 2.44. The SMILES string of the molecule is C=CCN(CC(C)=O)C(=O)OCc1ccccc1.C[S+](C)[O-]. The van der Waals surface area contributed by atoms with E-state index in [0.29, 0.717) is 6.54 Å². The van der Waals surface area contributed by atoms with Crippen molar-refractivity contribution in [3.8, 4) is 0 Å². The summed E-state index contributed by atoms with van der Waals surface area (Å²) < 4.78 is 14.7. The van der Waals surface area contributed by atoms with E-state index in [1.807, 2.05) is 30.3 Å². The normalized spacial score (nSPS) is 9.50. The first-order valence-corrected chi connectivity index (χ1v) is 8.64. The highest BCUT2D eigenvalue weighted by molar-refractivity contribution is 7.89. The Hall–Kier alpha value is -1.79. The molecule has 6 heteroatoms. The second-order valence-corrected chi connectivity index (χ2v) is 6.14. The molecule has 22 heavy (non-hydrogen) atoms. The molecule has 0 bridgehead atoms. The van der Waals surface area contributed by atoms with Crippen molar-refractivity contribution in [3.05, 3.63) is 48.6 Å². The Balaban J connectivity index is 0.000000980. The van der Waals surface area contributed by atoms with Crippen LogP contribution in [0.1, 0.15) is 12.5 Å². The van der Waals surface area contributed by atoms with Crippen LogP contribution in [0.15, 0.2) is 43.0 Å². The molecule has 0 N–H and O–H groups in total. The van der Waals surface area contributed by atoms with Gasteiger partial charge in [-0.3, -0.25) is 9.69 Å². The van der Waals surface area contributed by atoms with Gasteiger partial charge < -0.3 is 9.29 Å². The number of carbonyl (C=O) groups is 2. The van der Waals surface area contributed by atoms with E-state index in [9.17, 15) is 14.1 Å². The lowest BCUT2D eigenvalue weighted by molar-refractivity contribution is -0.117. The molecule has 0 aliphatic heterocycles. The molecule has 0 spiro atoms. The minimum Gasteiger partial charge on any atom is -0.617 e. The fourth-order valence-electron chi connectivity index (χ4n) is 1.44. The Morgan fingerprint density at radius 3 is 2.32 bits per heavy atom. The quantitative estimate of drug-likeness (QED) is 0.595. The number of benzene rings is 1. The standard InChI is InChI=1S/C14H17NO3.C2H6OS/c1-3-9-15(10-12(2)16)14(17)18-11-13-7-5-4-6-8-13;1-4(2)3/h3-8H,1,9-11H2,2H3;1-2H3. The Labute approximate surface area is 135 Å². The number of carbonyl (C=O) groups excluding carboxylic acids is 2. The number of Topliss-reactive ketones (excluding diaryl/α,β-unsaturated/α-hetero) is 1. The number of rotatable bonds is 6. The molecule has 1 rings (SSSR count). The molecule has 5 nitrogen and oxygen atoms in total. The lowest BCUT2D eigenvalue weighted by Gasteiger charge is -2.19. The fraction of sp³-hybridized carbons (Fsp3) is 0.375. The van der Waals surface area contributed by atoms with Crippen molar-refractivity contribution in [2.24, 2.45) is 0 Å². The van der Waals surface area contributed by atoms with Gasteiger partial charge in [-0.1, -0.05) is 47.6 Å². The molecular formula is C16H23NO4S. The van der Waals surface area contributed by atoms with Crippen molar-refractivity contribution in [2.45, 2.75) is 13.5 Å². The van der Waals surface area contributed by atoms with E-state index in [4.69, 9.17) is 4.74 Å². The van der Waals surface area contributed by atoms with E-state index < -0.39 is 17.3 Å². The lowest BCUT2D eigenvalue weighted by Crippen LogP contribution is -2.35. The summed E-state index contributed by atoms with van der Waals surface area (Å²) in [7, 11) is 0. The molecule has 0 radical (unpaired) electrons. The first-order chi connectivity index (χ1) is 10.4. The van der Waals surface area contributed by atoms with E-state index in [2.05, 4.69) is 6.58 Å². The second kappa shape index (κ2) is 11.8. The van der Waals surface area contributed by atoms with Crippen LogP contribution in [0.5, 0.6) is 0 Å². The van der Waals surface area contributed by atoms with E-state index in [0.717, 1.165) is 5.56 Å². The van der Waals surface area contributed by atoms with Gasteiger partial charge in [0.1, 0.15) is 12.4 Å². The summed E-state index contributed by atoms with van der Waals surface area (Å²) >= 11 is -0.611. The highest BCUT2D eigenvalue weighted by Crippen LogP contribution is 2.03. The number of ketones is 1. The van der Waals surface area contributed by atoms with Crippen molar-refractivity contribution in [3.63, 3.8) is 0 Å². The van der Waals surface area contributed by atoms with Crippen LogP contribution in [-0.2, 0) is 27.3 Å². The molecule has 0 aliphatic carbocycles. The van der Waals surface area contributed by atoms with Crippen LogP contribution in [-0.4, -0.2) is 46.9 Å². The number of nitrogens with zero attached hydrogens (tertiary/aromatic N) is 1. The predicted molar refractivity (Wildman–Crippen MR) is 89.1 cm³/mol. The molecule has 1 amide bonds. The van der Waals surface area contributed by atoms with Crippen molar-refractivity contribution in [1.82, 2.24) is 4.90 Å². The summed E-state index contributed by atoms with van der Waals surface area (Å²) in [6.07, 6.45) is 4.33. The second-order valence-electron chi connectivity index (χ2n) is 4.65. The predicted octanol–water partition coefficient (Wildman–Crippen LogP) is 2.39. The largest absolute Gasteiger partial charge is 0.617 e. The first-order valence-electron chi connectivity index (χ1n) is 6.67. The van der Waals surface area contributed by atoms with Gasteiger partial charge in [0.15, 0.2) is 0 Å². The van der Waals surface area contributed by atoms with Crippen molar-refractivity contribution in [2.75, 3.05) is 25.6 Å². The first kappa shape index (κ1) is 20.2. The van der Waals surface area contributed by atoms with Crippen LogP contribution in [0.25, 0.3) is 0 Å². The van der Waals surface area contributed by atoms with Crippen LogP contribution in [0.2, 0.25) is 0 Å². The average molecular weight is 325 g/mol. The Bertz CT molecular complexity index is 460. The molecule has 0 unspecified atom stereocenters. The summed E-state index contributed by atoms with van der Waals surface area (Å²) in [5, 5.41) is 0. The van der Waals surface area contributed by atoms with Gasteiger partial charge in [-0.15, -0.1) is 6.58 Å². The molecule has 0 aromatic heterocycles. The minimum atomic E-state index is -0.611. The monoisotopic (exact) mass is 325 g/mol. The summed E-state index contributed by atoms with van der Waals surface area (Å²) in [5.41, 5.74) is 0.909. The van der Waals surface area contributed by atoms with Crippen LogP contribution < -0.4 is 0 Å². The van der Waals surface area contributed by atoms with Gasteiger partial charge in [0.05, 0.1) is 19.1 Å². The molecule has 0 saturated carbocycles. The maximum Gasteiger partial charge on any atom is 0.410 e. The molecule has 0 atom stereocenters. The third-order valence-electron chi connectivity index (χ3n) is 2.23. The highest BCUT2D eigenvalue weighted by Gasteiger charge is 2.15. The molecule has 1 aromatic rings. The summed E-state index contributed by atoms with van der Waals surface area (Å²) in [6, 6.07) is 9.39. The zero-order valence-corrected chi connectivity index (χ0v) is 14.1. The molecule has 0 saturated heterocycles. The van der Waals surface area contributed by atoms with Crippen molar-refractivity contribution in [1.29, 1.82) is 0 Å². The van der Waals surface area contributed by atoms with Gasteiger partial charge in [-0.25, -0.2) is 4.79 Å². The molecular weight excluding hydrogens is 302 g/mol. The number of ether oxygens (including phenoxy) is 1. The van der Waals surface area contributed by atoms with Crippen LogP contribution in [0.3, 0.4) is 0 Å². The minimum absolute atomic E-state index is 0.0413. The number of amides is 1. The number of hydrogen-bond donors (Lipinski definition) is 0. The zero-order valence-electron chi connectivity index (χ0n) is 13.3. The van der Waals surface area contributed by atoms with Gasteiger partial charge in [0, 0.05) is 6.54 Å². The van der Waals surface area contributed by atoms with E-state index >= 15 is 0 Å². The van der Waals surface area contributed by atoms with Crippen LogP contribution >= 0.6 is 0 Å². The third kappa shape index (κ3) is 10.9. The van der Waals surface area contributed by atoms with Crippen molar-refractivity contribution >= 4 is 23.1 Å². The Morgan fingerprint density at radius 1 is 1.32 bits per heavy atom. The fourth-order valence-corrected chi connectivity index (χ4v) is 1.44. The maximum absolute atomic E-state index is 11.7. The van der Waals surface area contributed by atoms with E-state index in [-0.39, 0.29) is 18.9 Å². The van der Waals surface area contributed by atoms with Gasteiger partial charge in [-0.2, -0.15) is 0 Å². The molecule has 0 fully saturated rings. The van der Waals surface area contributed by atoms with Crippen LogP contribution in [0, 0.1) is 0 Å². The highest BCUT2D eigenvalue weighted by atomic mass is 32.2.